The van der Waals surface area contributed by atoms with Crippen molar-refractivity contribution in [2.24, 2.45) is 0 Å². The van der Waals surface area contributed by atoms with E-state index in [0.717, 1.165) is 14.2 Å². The largest absolute Gasteiger partial charge is 0.395 e. The lowest BCUT2D eigenvalue weighted by molar-refractivity contribution is 0.305. The van der Waals surface area contributed by atoms with E-state index in [4.69, 9.17) is 5.11 Å². The van der Waals surface area contributed by atoms with Gasteiger partial charge in [0.1, 0.15) is 5.82 Å². The number of aliphatic hydroxyl groups is 1. The van der Waals surface area contributed by atoms with Gasteiger partial charge in [0, 0.05) is 17.7 Å². The van der Waals surface area contributed by atoms with Crippen LogP contribution in [-0.2, 0) is 5.75 Å². The van der Waals surface area contributed by atoms with Crippen molar-refractivity contribution in [3.8, 4) is 11.8 Å². The zero-order valence-electron chi connectivity index (χ0n) is 11.3. The first-order valence-corrected chi connectivity index (χ1v) is 9.13. The van der Waals surface area contributed by atoms with Gasteiger partial charge in [-0.3, -0.25) is 0 Å². The second-order valence-electron chi connectivity index (χ2n) is 3.95. The van der Waals surface area contributed by atoms with Gasteiger partial charge in [0.05, 0.1) is 6.61 Å². The molecule has 1 N–H and O–H groups in total. The summed E-state index contributed by atoms with van der Waals surface area (Å²) in [6, 6.07) is 4.76. The Labute approximate surface area is 135 Å². The molecule has 0 amide bonds. The van der Waals surface area contributed by atoms with Gasteiger partial charge in [0.15, 0.2) is 8.68 Å². The summed E-state index contributed by atoms with van der Waals surface area (Å²) in [6.45, 7) is 0.0137. The standard InChI is InChI=1S/C14H13FN2OS3/c1-19-13-16-17-14(21-13)20-9-11-6-10(4-2-3-5-18)7-12(15)8-11/h6-8,18H,3,5,9H2,1H3. The fourth-order valence-corrected chi connectivity index (χ4v) is 3.88. The average Bonchev–Trinajstić information content (AvgIpc) is 2.93. The van der Waals surface area contributed by atoms with Crippen LogP contribution in [0.5, 0.6) is 0 Å². The fourth-order valence-electron chi connectivity index (χ4n) is 1.51. The van der Waals surface area contributed by atoms with E-state index < -0.39 is 0 Å². The third-order valence-corrected chi connectivity index (χ3v) is 5.46. The van der Waals surface area contributed by atoms with Crippen LogP contribution in [0.3, 0.4) is 0 Å². The van der Waals surface area contributed by atoms with Crippen LogP contribution in [0.1, 0.15) is 17.5 Å². The van der Waals surface area contributed by atoms with Crippen LogP contribution < -0.4 is 0 Å². The molecular weight excluding hydrogens is 327 g/mol. The minimum Gasteiger partial charge on any atom is -0.395 e. The van der Waals surface area contributed by atoms with Crippen LogP contribution in [0.15, 0.2) is 26.9 Å². The Hall–Kier alpha value is -1.07. The van der Waals surface area contributed by atoms with E-state index >= 15 is 0 Å². The Balaban J connectivity index is 2.04. The molecule has 21 heavy (non-hydrogen) atoms. The zero-order chi connectivity index (χ0) is 15.1. The maximum absolute atomic E-state index is 13.6. The molecule has 0 spiro atoms. The van der Waals surface area contributed by atoms with Crippen molar-refractivity contribution in [2.75, 3.05) is 12.9 Å². The van der Waals surface area contributed by atoms with Crippen molar-refractivity contribution in [1.82, 2.24) is 10.2 Å². The van der Waals surface area contributed by atoms with Gasteiger partial charge in [-0.15, -0.1) is 10.2 Å². The molecule has 0 atom stereocenters. The van der Waals surface area contributed by atoms with E-state index in [1.165, 1.54) is 35.2 Å². The quantitative estimate of drug-likeness (QED) is 0.667. The molecule has 110 valence electrons. The lowest BCUT2D eigenvalue weighted by atomic mass is 10.1. The SMILES string of the molecule is CSc1nnc(SCc2cc(F)cc(C#CCCO)c2)s1. The Morgan fingerprint density at radius 3 is 2.81 bits per heavy atom. The molecule has 0 saturated carbocycles. The van der Waals surface area contributed by atoms with E-state index in [1.54, 1.807) is 11.8 Å². The van der Waals surface area contributed by atoms with Gasteiger partial charge in [-0.2, -0.15) is 0 Å². The molecule has 0 aliphatic heterocycles. The van der Waals surface area contributed by atoms with Crippen LogP contribution in [0, 0.1) is 17.7 Å². The van der Waals surface area contributed by atoms with Gasteiger partial charge < -0.3 is 5.11 Å². The summed E-state index contributed by atoms with van der Waals surface area (Å²) in [5.41, 5.74) is 1.48. The Morgan fingerprint density at radius 1 is 1.29 bits per heavy atom. The van der Waals surface area contributed by atoms with Gasteiger partial charge in [0.2, 0.25) is 0 Å². The first-order chi connectivity index (χ1) is 10.2. The minimum atomic E-state index is -0.302. The molecule has 0 radical (unpaired) electrons. The van der Waals surface area contributed by atoms with Crippen molar-refractivity contribution in [3.05, 3.63) is 35.1 Å². The van der Waals surface area contributed by atoms with Gasteiger partial charge in [-0.05, 0) is 30.0 Å². The van der Waals surface area contributed by atoms with Crippen molar-refractivity contribution in [2.45, 2.75) is 20.9 Å². The summed E-state index contributed by atoms with van der Waals surface area (Å²) >= 11 is 4.62. The fraction of sp³-hybridized carbons (Fsp3) is 0.286. The van der Waals surface area contributed by atoms with E-state index in [-0.39, 0.29) is 12.4 Å². The van der Waals surface area contributed by atoms with E-state index in [9.17, 15) is 4.39 Å². The van der Waals surface area contributed by atoms with Crippen molar-refractivity contribution in [3.63, 3.8) is 0 Å². The van der Waals surface area contributed by atoms with Crippen LogP contribution >= 0.6 is 34.9 Å². The molecule has 0 aliphatic rings. The predicted octanol–water partition coefficient (Wildman–Crippen LogP) is 3.43. The highest BCUT2D eigenvalue weighted by Crippen LogP contribution is 2.29. The molecule has 1 aromatic carbocycles. The molecule has 0 saturated heterocycles. The third kappa shape index (κ3) is 5.32. The van der Waals surface area contributed by atoms with Crippen LogP contribution in [-0.4, -0.2) is 28.2 Å². The number of aromatic nitrogens is 2. The third-order valence-electron chi connectivity index (χ3n) is 2.35. The topological polar surface area (TPSA) is 46.0 Å². The molecule has 3 nitrogen and oxygen atoms in total. The van der Waals surface area contributed by atoms with Crippen molar-refractivity contribution in [1.29, 1.82) is 0 Å². The van der Waals surface area contributed by atoms with Gasteiger partial charge in [0.25, 0.3) is 0 Å². The number of rotatable bonds is 5. The Kier molecular flexibility index (Phi) is 6.51. The number of nitrogens with zero attached hydrogens (tertiary/aromatic N) is 2. The maximum atomic E-state index is 13.6. The molecular formula is C14H13FN2OS3. The number of benzene rings is 1. The minimum absolute atomic E-state index is 0.0137. The lowest BCUT2D eigenvalue weighted by Gasteiger charge is -2.01. The molecule has 7 heteroatoms. The molecule has 0 fully saturated rings. The molecule has 2 aromatic rings. The molecule has 0 bridgehead atoms. The van der Waals surface area contributed by atoms with Crippen molar-refractivity contribution >= 4 is 34.9 Å². The average molecular weight is 340 g/mol. The zero-order valence-corrected chi connectivity index (χ0v) is 13.7. The van der Waals surface area contributed by atoms with Gasteiger partial charge in [-0.25, -0.2) is 4.39 Å². The Bertz CT molecular complexity index is 664. The highest BCUT2D eigenvalue weighted by molar-refractivity contribution is 8.02. The van der Waals surface area contributed by atoms with E-state index in [2.05, 4.69) is 22.0 Å². The summed E-state index contributed by atoms with van der Waals surface area (Å²) < 4.78 is 15.4. The molecule has 1 aromatic heterocycles. The number of hydrogen-bond acceptors (Lipinski definition) is 6. The second-order valence-corrected chi connectivity index (χ2v) is 7.20. The normalized spacial score (nSPS) is 10.2. The summed E-state index contributed by atoms with van der Waals surface area (Å²) in [4.78, 5) is 0. The van der Waals surface area contributed by atoms with E-state index in [0.29, 0.717) is 17.7 Å². The lowest BCUT2D eigenvalue weighted by Crippen LogP contribution is -1.87. The second kappa shape index (κ2) is 8.39. The number of thioether (sulfide) groups is 2. The maximum Gasteiger partial charge on any atom is 0.175 e. The van der Waals surface area contributed by atoms with Crippen molar-refractivity contribution < 1.29 is 9.50 Å². The Morgan fingerprint density at radius 2 is 2.10 bits per heavy atom. The van der Waals surface area contributed by atoms with Gasteiger partial charge >= 0.3 is 0 Å². The van der Waals surface area contributed by atoms with E-state index in [1.807, 2.05) is 12.3 Å². The predicted molar refractivity (Wildman–Crippen MR) is 86.2 cm³/mol. The van der Waals surface area contributed by atoms with Crippen LogP contribution in [0.4, 0.5) is 4.39 Å². The molecule has 1 heterocycles. The van der Waals surface area contributed by atoms with Gasteiger partial charge in [-0.1, -0.05) is 46.7 Å². The number of aliphatic hydroxyl groups excluding tert-OH is 1. The highest BCUT2D eigenvalue weighted by Gasteiger charge is 2.05. The monoisotopic (exact) mass is 340 g/mol. The smallest absolute Gasteiger partial charge is 0.175 e. The molecule has 2 rings (SSSR count). The number of halogens is 1. The summed E-state index contributed by atoms with van der Waals surface area (Å²) in [7, 11) is 0. The van der Waals surface area contributed by atoms with Crippen LogP contribution in [0.2, 0.25) is 0 Å². The first kappa shape index (κ1) is 16.3. The number of hydrogen-bond donors (Lipinski definition) is 1. The summed E-state index contributed by atoms with van der Waals surface area (Å²) in [5.74, 6) is 5.96. The molecule has 0 unspecified atom stereocenters. The summed E-state index contributed by atoms with van der Waals surface area (Å²) in [5, 5.41) is 16.8. The first-order valence-electron chi connectivity index (χ1n) is 6.11. The highest BCUT2D eigenvalue weighted by atomic mass is 32.2. The van der Waals surface area contributed by atoms with Crippen LogP contribution in [0.25, 0.3) is 0 Å². The molecule has 0 aliphatic carbocycles. The summed E-state index contributed by atoms with van der Waals surface area (Å²) in [6.07, 6.45) is 2.35.